The molecule has 2 atom stereocenters. The van der Waals surface area contributed by atoms with Gasteiger partial charge in [0, 0.05) is 17.5 Å². The fourth-order valence-corrected chi connectivity index (χ4v) is 2.32. The van der Waals surface area contributed by atoms with Crippen molar-refractivity contribution in [2.45, 2.75) is 37.8 Å². The van der Waals surface area contributed by atoms with Crippen LogP contribution >= 0.6 is 11.5 Å². The molecule has 0 aromatic carbocycles. The molecule has 82 valence electrons. The maximum atomic E-state index is 11.6. The fraction of sp³-hybridized carbons (Fsp3) is 0.667. The number of carbonyl (C=O) groups excluding carboxylic acids is 1. The summed E-state index contributed by atoms with van der Waals surface area (Å²) < 4.78 is 3.66. The molecule has 1 fully saturated rings. The third-order valence-electron chi connectivity index (χ3n) is 2.64. The molecule has 3 N–H and O–H groups in total. The van der Waals surface area contributed by atoms with Gasteiger partial charge in [0.05, 0.1) is 0 Å². The van der Waals surface area contributed by atoms with Crippen molar-refractivity contribution in [2.24, 2.45) is 5.73 Å². The van der Waals surface area contributed by atoms with E-state index in [1.807, 2.05) is 0 Å². The Hall–Kier alpha value is -1.01. The molecule has 0 saturated heterocycles. The first-order valence-corrected chi connectivity index (χ1v) is 5.93. The minimum atomic E-state index is -0.136. The predicted molar refractivity (Wildman–Crippen MR) is 57.6 cm³/mol. The van der Waals surface area contributed by atoms with Gasteiger partial charge in [0.25, 0.3) is 5.91 Å². The molecule has 0 radical (unpaired) electrons. The van der Waals surface area contributed by atoms with Gasteiger partial charge in [-0.2, -0.15) is 0 Å². The lowest BCUT2D eigenvalue weighted by Gasteiger charge is -2.26. The quantitative estimate of drug-likeness (QED) is 0.771. The summed E-state index contributed by atoms with van der Waals surface area (Å²) in [4.78, 5) is 11.6. The molecule has 1 aromatic heterocycles. The van der Waals surface area contributed by atoms with E-state index in [4.69, 9.17) is 5.73 Å². The van der Waals surface area contributed by atoms with Crippen molar-refractivity contribution in [1.29, 1.82) is 0 Å². The van der Waals surface area contributed by atoms with Crippen LogP contribution in [0.1, 0.15) is 36.2 Å². The number of rotatable bonds is 2. The zero-order valence-electron chi connectivity index (χ0n) is 8.35. The highest BCUT2D eigenvalue weighted by Gasteiger charge is 2.21. The molecule has 1 aliphatic rings. The number of nitrogens with two attached hydrogens (primary N) is 1. The molecule has 15 heavy (non-hydrogen) atoms. The number of nitrogens with one attached hydrogen (secondary N) is 1. The Morgan fingerprint density at radius 3 is 3.13 bits per heavy atom. The van der Waals surface area contributed by atoms with Crippen LogP contribution in [0.4, 0.5) is 0 Å². The smallest absolute Gasteiger partial charge is 0.272 e. The largest absolute Gasteiger partial charge is 0.348 e. The SMILES string of the molecule is NC1CCCC(NC(=O)c2csnn2)C1. The van der Waals surface area contributed by atoms with Crippen molar-refractivity contribution < 1.29 is 4.79 Å². The van der Waals surface area contributed by atoms with Gasteiger partial charge in [-0.05, 0) is 37.2 Å². The maximum Gasteiger partial charge on any atom is 0.272 e. The van der Waals surface area contributed by atoms with Crippen molar-refractivity contribution in [3.8, 4) is 0 Å². The summed E-state index contributed by atoms with van der Waals surface area (Å²) in [6.07, 6.45) is 4.02. The van der Waals surface area contributed by atoms with Crippen LogP contribution < -0.4 is 11.1 Å². The molecule has 2 rings (SSSR count). The Kier molecular flexibility index (Phi) is 3.27. The van der Waals surface area contributed by atoms with E-state index in [0.717, 1.165) is 25.7 Å². The highest BCUT2D eigenvalue weighted by molar-refractivity contribution is 7.03. The second-order valence-corrected chi connectivity index (χ2v) is 4.50. The molecule has 1 aromatic rings. The van der Waals surface area contributed by atoms with Crippen LogP contribution in [0.25, 0.3) is 0 Å². The van der Waals surface area contributed by atoms with Crippen molar-refractivity contribution in [1.82, 2.24) is 14.9 Å². The van der Waals surface area contributed by atoms with Crippen molar-refractivity contribution in [3.05, 3.63) is 11.1 Å². The Morgan fingerprint density at radius 2 is 2.47 bits per heavy atom. The third kappa shape index (κ3) is 2.73. The van der Waals surface area contributed by atoms with Gasteiger partial charge >= 0.3 is 0 Å². The second kappa shape index (κ2) is 4.67. The van der Waals surface area contributed by atoms with Crippen LogP contribution in [0, 0.1) is 0 Å². The monoisotopic (exact) mass is 226 g/mol. The van der Waals surface area contributed by atoms with E-state index in [0.29, 0.717) is 5.69 Å². The van der Waals surface area contributed by atoms with E-state index in [1.54, 1.807) is 5.38 Å². The van der Waals surface area contributed by atoms with E-state index in [1.165, 1.54) is 11.5 Å². The van der Waals surface area contributed by atoms with Gasteiger partial charge in [0.15, 0.2) is 5.69 Å². The second-order valence-electron chi connectivity index (χ2n) is 3.89. The molecule has 6 heteroatoms. The third-order valence-corrected chi connectivity index (χ3v) is 3.15. The first-order chi connectivity index (χ1) is 7.25. The molecular weight excluding hydrogens is 212 g/mol. The van der Waals surface area contributed by atoms with Gasteiger partial charge in [0.1, 0.15) is 0 Å². The van der Waals surface area contributed by atoms with E-state index < -0.39 is 0 Å². The summed E-state index contributed by atoms with van der Waals surface area (Å²) >= 11 is 1.18. The topological polar surface area (TPSA) is 80.9 Å². The molecule has 0 spiro atoms. The first kappa shape index (κ1) is 10.5. The molecule has 2 unspecified atom stereocenters. The lowest BCUT2D eigenvalue weighted by molar-refractivity contribution is 0.0920. The zero-order chi connectivity index (χ0) is 10.7. The van der Waals surface area contributed by atoms with Crippen molar-refractivity contribution in [3.63, 3.8) is 0 Å². The van der Waals surface area contributed by atoms with Crippen LogP contribution in [-0.4, -0.2) is 27.6 Å². The Bertz CT molecular complexity index is 327. The first-order valence-electron chi connectivity index (χ1n) is 5.09. The molecular formula is C9H14N4OS. The van der Waals surface area contributed by atoms with E-state index in [2.05, 4.69) is 14.9 Å². The lowest BCUT2D eigenvalue weighted by Crippen LogP contribution is -2.42. The van der Waals surface area contributed by atoms with Crippen LogP contribution in [0.3, 0.4) is 0 Å². The molecule has 1 saturated carbocycles. The molecule has 1 amide bonds. The molecule has 0 aliphatic heterocycles. The average Bonchev–Trinajstić information content (AvgIpc) is 2.70. The standard InChI is InChI=1S/C9H14N4OS/c10-6-2-1-3-7(4-6)11-9(14)8-5-15-13-12-8/h5-7H,1-4,10H2,(H,11,14). The van der Waals surface area contributed by atoms with Crippen LogP contribution in [-0.2, 0) is 0 Å². The summed E-state index contributed by atoms with van der Waals surface area (Å²) in [5.41, 5.74) is 6.24. The zero-order valence-corrected chi connectivity index (χ0v) is 9.17. The number of carbonyl (C=O) groups is 1. The van der Waals surface area contributed by atoms with Crippen LogP contribution in [0.5, 0.6) is 0 Å². The van der Waals surface area contributed by atoms with Crippen molar-refractivity contribution >= 4 is 17.4 Å². The Morgan fingerprint density at radius 1 is 1.60 bits per heavy atom. The number of hydrogen-bond donors (Lipinski definition) is 2. The van der Waals surface area contributed by atoms with Crippen LogP contribution in [0.2, 0.25) is 0 Å². The van der Waals surface area contributed by atoms with E-state index in [-0.39, 0.29) is 18.0 Å². The normalized spacial score (nSPS) is 26.2. The number of hydrogen-bond acceptors (Lipinski definition) is 5. The van der Waals surface area contributed by atoms with E-state index in [9.17, 15) is 4.79 Å². The summed E-state index contributed by atoms with van der Waals surface area (Å²) in [6, 6.07) is 0.417. The summed E-state index contributed by atoms with van der Waals surface area (Å²) in [7, 11) is 0. The summed E-state index contributed by atoms with van der Waals surface area (Å²) in [5.74, 6) is -0.136. The van der Waals surface area contributed by atoms with Gasteiger partial charge in [-0.3, -0.25) is 4.79 Å². The Balaban J connectivity index is 1.89. The average molecular weight is 226 g/mol. The number of nitrogens with zero attached hydrogens (tertiary/aromatic N) is 2. The molecule has 1 aliphatic carbocycles. The summed E-state index contributed by atoms with van der Waals surface area (Å²) in [6.45, 7) is 0. The van der Waals surface area contributed by atoms with Gasteiger partial charge in [-0.25, -0.2) is 0 Å². The number of aromatic nitrogens is 2. The Labute approximate surface area is 92.2 Å². The summed E-state index contributed by atoms with van der Waals surface area (Å²) in [5, 5.41) is 8.31. The predicted octanol–water partition coefficient (Wildman–Crippen LogP) is 0.538. The molecule has 0 bridgehead atoms. The fourth-order valence-electron chi connectivity index (χ4n) is 1.88. The van der Waals surface area contributed by atoms with Gasteiger partial charge in [-0.1, -0.05) is 4.49 Å². The van der Waals surface area contributed by atoms with Gasteiger partial charge in [-0.15, -0.1) is 5.10 Å². The van der Waals surface area contributed by atoms with E-state index >= 15 is 0 Å². The van der Waals surface area contributed by atoms with Crippen molar-refractivity contribution in [2.75, 3.05) is 0 Å². The highest BCUT2D eigenvalue weighted by Crippen LogP contribution is 2.17. The van der Waals surface area contributed by atoms with Gasteiger partial charge < -0.3 is 11.1 Å². The lowest BCUT2D eigenvalue weighted by atomic mass is 9.91. The minimum Gasteiger partial charge on any atom is -0.348 e. The maximum absolute atomic E-state index is 11.6. The highest BCUT2D eigenvalue weighted by atomic mass is 32.1. The molecule has 5 nitrogen and oxygen atoms in total. The minimum absolute atomic E-state index is 0.136. The molecule has 1 heterocycles. The van der Waals surface area contributed by atoms with Crippen LogP contribution in [0.15, 0.2) is 5.38 Å². The number of amides is 1. The van der Waals surface area contributed by atoms with Gasteiger partial charge in [0.2, 0.25) is 0 Å².